The zero-order valence-electron chi connectivity index (χ0n) is 12.5. The molecule has 0 saturated carbocycles. The summed E-state index contributed by atoms with van der Waals surface area (Å²) in [5.41, 5.74) is 0. The highest BCUT2D eigenvalue weighted by atomic mass is 35.5. The Hall–Kier alpha value is -0.0700. The van der Waals surface area contributed by atoms with Crippen molar-refractivity contribution >= 4 is 30.7 Å². The van der Waals surface area contributed by atoms with Crippen molar-refractivity contribution in [2.24, 2.45) is 0 Å². The van der Waals surface area contributed by atoms with E-state index in [1.54, 1.807) is 0 Å². The van der Waals surface area contributed by atoms with Gasteiger partial charge in [-0.3, -0.25) is 9.69 Å². The minimum atomic E-state index is 0. The van der Waals surface area contributed by atoms with Gasteiger partial charge in [0.05, 0.1) is 19.3 Å². The van der Waals surface area contributed by atoms with Crippen LogP contribution >= 0.6 is 24.8 Å². The second-order valence-electron chi connectivity index (χ2n) is 5.88. The van der Waals surface area contributed by atoms with Gasteiger partial charge in [-0.1, -0.05) is 6.42 Å². The summed E-state index contributed by atoms with van der Waals surface area (Å²) in [4.78, 5) is 17.0. The first-order valence-corrected chi connectivity index (χ1v) is 7.68. The SMILES string of the molecule is Cl.Cl.O=C([C@H]1CCCCN1)N1CCC(N2CCOCC2)C1. The van der Waals surface area contributed by atoms with E-state index in [2.05, 4.69) is 15.1 Å². The van der Waals surface area contributed by atoms with Crippen molar-refractivity contribution in [2.75, 3.05) is 45.9 Å². The van der Waals surface area contributed by atoms with E-state index in [0.29, 0.717) is 11.9 Å². The highest BCUT2D eigenvalue weighted by molar-refractivity contribution is 5.85. The highest BCUT2D eigenvalue weighted by Crippen LogP contribution is 2.19. The molecule has 0 spiro atoms. The molecule has 3 rings (SSSR count). The van der Waals surface area contributed by atoms with Crippen LogP contribution in [0.5, 0.6) is 0 Å². The summed E-state index contributed by atoms with van der Waals surface area (Å²) in [6.07, 6.45) is 4.53. The van der Waals surface area contributed by atoms with Crippen molar-refractivity contribution in [1.82, 2.24) is 15.1 Å². The smallest absolute Gasteiger partial charge is 0.239 e. The molecule has 0 radical (unpaired) electrons. The Morgan fingerprint density at radius 2 is 1.81 bits per heavy atom. The number of halogens is 2. The third kappa shape index (κ3) is 4.70. The molecule has 1 amide bonds. The fraction of sp³-hybridized carbons (Fsp3) is 0.929. The largest absolute Gasteiger partial charge is 0.379 e. The van der Waals surface area contributed by atoms with E-state index < -0.39 is 0 Å². The summed E-state index contributed by atoms with van der Waals surface area (Å²) >= 11 is 0. The third-order valence-corrected chi connectivity index (χ3v) is 4.65. The summed E-state index contributed by atoms with van der Waals surface area (Å²) in [6.45, 7) is 6.57. The molecule has 3 aliphatic heterocycles. The molecule has 7 heteroatoms. The molecule has 0 aromatic rings. The second kappa shape index (κ2) is 9.16. The summed E-state index contributed by atoms with van der Waals surface area (Å²) < 4.78 is 5.40. The summed E-state index contributed by atoms with van der Waals surface area (Å²) in [7, 11) is 0. The van der Waals surface area contributed by atoms with Crippen LogP contribution in [0.4, 0.5) is 0 Å². The minimum absolute atomic E-state index is 0. The molecule has 3 aliphatic rings. The molecule has 2 atom stereocenters. The predicted octanol–water partition coefficient (Wildman–Crippen LogP) is 0.905. The highest BCUT2D eigenvalue weighted by Gasteiger charge is 2.34. The first kappa shape index (κ1) is 19.0. The normalized spacial score (nSPS) is 30.4. The number of likely N-dealkylation sites (tertiary alicyclic amines) is 1. The Kier molecular flexibility index (Phi) is 8.27. The molecule has 3 heterocycles. The number of carbonyl (C=O) groups is 1. The topological polar surface area (TPSA) is 44.8 Å². The molecule has 1 unspecified atom stereocenters. The molecule has 3 saturated heterocycles. The minimum Gasteiger partial charge on any atom is -0.379 e. The summed E-state index contributed by atoms with van der Waals surface area (Å²) in [5.74, 6) is 0.329. The van der Waals surface area contributed by atoms with Crippen molar-refractivity contribution in [3.63, 3.8) is 0 Å². The monoisotopic (exact) mass is 339 g/mol. The maximum Gasteiger partial charge on any atom is 0.239 e. The van der Waals surface area contributed by atoms with Crippen LogP contribution in [0.3, 0.4) is 0 Å². The number of morpholine rings is 1. The Bertz CT molecular complexity index is 321. The van der Waals surface area contributed by atoms with Crippen LogP contribution in [0.1, 0.15) is 25.7 Å². The summed E-state index contributed by atoms with van der Waals surface area (Å²) in [5, 5.41) is 3.37. The number of hydrogen-bond acceptors (Lipinski definition) is 4. The second-order valence-corrected chi connectivity index (χ2v) is 5.88. The van der Waals surface area contributed by atoms with Gasteiger partial charge in [0.2, 0.25) is 5.91 Å². The number of hydrogen-bond donors (Lipinski definition) is 1. The number of nitrogens with zero attached hydrogens (tertiary/aromatic N) is 2. The molecule has 21 heavy (non-hydrogen) atoms. The van der Waals surface area contributed by atoms with E-state index in [1.165, 1.54) is 12.8 Å². The van der Waals surface area contributed by atoms with Crippen LogP contribution in [0.15, 0.2) is 0 Å². The molecule has 5 nitrogen and oxygen atoms in total. The van der Waals surface area contributed by atoms with Gasteiger partial charge >= 0.3 is 0 Å². The van der Waals surface area contributed by atoms with Gasteiger partial charge in [0, 0.05) is 32.2 Å². The number of carbonyl (C=O) groups excluding carboxylic acids is 1. The first-order chi connectivity index (χ1) is 9.34. The van der Waals surface area contributed by atoms with Gasteiger partial charge in [-0.25, -0.2) is 0 Å². The van der Waals surface area contributed by atoms with Gasteiger partial charge in [0.15, 0.2) is 0 Å². The first-order valence-electron chi connectivity index (χ1n) is 7.68. The lowest BCUT2D eigenvalue weighted by Crippen LogP contribution is -2.49. The fourth-order valence-corrected chi connectivity index (χ4v) is 3.47. The van der Waals surface area contributed by atoms with Gasteiger partial charge < -0.3 is 15.0 Å². The van der Waals surface area contributed by atoms with Gasteiger partial charge in [-0.05, 0) is 25.8 Å². The zero-order valence-corrected chi connectivity index (χ0v) is 14.1. The van der Waals surface area contributed by atoms with Crippen LogP contribution in [0.2, 0.25) is 0 Å². The van der Waals surface area contributed by atoms with Crippen LogP contribution in [0.25, 0.3) is 0 Å². The lowest BCUT2D eigenvalue weighted by atomic mass is 10.0. The fourth-order valence-electron chi connectivity index (χ4n) is 3.47. The molecule has 0 aromatic heterocycles. The molecule has 1 N–H and O–H groups in total. The number of nitrogens with one attached hydrogen (secondary N) is 1. The standard InChI is InChI=1S/C14H25N3O2.2ClH/c18-14(13-3-1-2-5-15-13)17-6-4-12(11-17)16-7-9-19-10-8-16;;/h12-13,15H,1-11H2;2*1H/t12?,13-;;/m1../s1. The average molecular weight is 340 g/mol. The van der Waals surface area contributed by atoms with Gasteiger partial charge in [0.25, 0.3) is 0 Å². The Morgan fingerprint density at radius 3 is 2.48 bits per heavy atom. The van der Waals surface area contributed by atoms with Crippen molar-refractivity contribution in [1.29, 1.82) is 0 Å². The lowest BCUT2D eigenvalue weighted by Gasteiger charge is -2.32. The van der Waals surface area contributed by atoms with Crippen molar-refractivity contribution in [3.05, 3.63) is 0 Å². The van der Waals surface area contributed by atoms with Crippen LogP contribution < -0.4 is 5.32 Å². The van der Waals surface area contributed by atoms with E-state index in [4.69, 9.17) is 4.74 Å². The molecule has 124 valence electrons. The molecule has 0 bridgehead atoms. The average Bonchev–Trinajstić information content (AvgIpc) is 2.98. The maximum atomic E-state index is 12.4. The molecular formula is C14H27Cl2N3O2. The number of amides is 1. The maximum absolute atomic E-state index is 12.4. The van der Waals surface area contributed by atoms with Gasteiger partial charge in [0.1, 0.15) is 0 Å². The molecule has 3 fully saturated rings. The number of piperidine rings is 1. The molecule has 0 aromatic carbocycles. The van der Waals surface area contributed by atoms with Crippen LogP contribution in [-0.2, 0) is 9.53 Å². The zero-order chi connectivity index (χ0) is 13.1. The Morgan fingerprint density at radius 1 is 1.05 bits per heavy atom. The van der Waals surface area contributed by atoms with Crippen LogP contribution in [-0.4, -0.2) is 73.7 Å². The van der Waals surface area contributed by atoms with E-state index in [9.17, 15) is 4.79 Å². The quantitative estimate of drug-likeness (QED) is 0.812. The van der Waals surface area contributed by atoms with Crippen molar-refractivity contribution in [2.45, 2.75) is 37.8 Å². The van der Waals surface area contributed by atoms with Crippen molar-refractivity contribution < 1.29 is 9.53 Å². The summed E-state index contributed by atoms with van der Waals surface area (Å²) in [6, 6.07) is 0.633. The molecule has 0 aliphatic carbocycles. The van der Waals surface area contributed by atoms with E-state index >= 15 is 0 Å². The Labute approximate surface area is 139 Å². The number of ether oxygens (including phenoxy) is 1. The number of rotatable bonds is 2. The van der Waals surface area contributed by atoms with E-state index in [0.717, 1.165) is 58.8 Å². The molecular weight excluding hydrogens is 313 g/mol. The van der Waals surface area contributed by atoms with E-state index in [-0.39, 0.29) is 30.9 Å². The third-order valence-electron chi connectivity index (χ3n) is 4.65. The van der Waals surface area contributed by atoms with Crippen LogP contribution in [0, 0.1) is 0 Å². The lowest BCUT2D eigenvalue weighted by molar-refractivity contribution is -0.133. The Balaban J connectivity index is 0.00000110. The van der Waals surface area contributed by atoms with Gasteiger partial charge in [-0.2, -0.15) is 0 Å². The van der Waals surface area contributed by atoms with Gasteiger partial charge in [-0.15, -0.1) is 24.8 Å². The van der Waals surface area contributed by atoms with E-state index in [1.807, 2.05) is 0 Å². The predicted molar refractivity (Wildman–Crippen MR) is 87.5 cm³/mol. The van der Waals surface area contributed by atoms with Crippen molar-refractivity contribution in [3.8, 4) is 0 Å².